The van der Waals surface area contributed by atoms with E-state index in [1.165, 1.54) is 12.0 Å². The minimum Gasteiger partial charge on any atom is -0.490 e. The van der Waals surface area contributed by atoms with Crippen LogP contribution in [0.3, 0.4) is 0 Å². The zero-order valence-electron chi connectivity index (χ0n) is 14.0. The van der Waals surface area contributed by atoms with Crippen LogP contribution in [-0.2, 0) is 12.1 Å². The van der Waals surface area contributed by atoms with Crippen molar-refractivity contribution in [1.29, 1.82) is 0 Å². The van der Waals surface area contributed by atoms with E-state index < -0.39 is 0 Å². The van der Waals surface area contributed by atoms with Gasteiger partial charge >= 0.3 is 0 Å². The van der Waals surface area contributed by atoms with E-state index >= 15 is 0 Å². The first-order chi connectivity index (χ1) is 12.2. The van der Waals surface area contributed by atoms with Crippen LogP contribution in [0, 0.1) is 0 Å². The lowest BCUT2D eigenvalue weighted by atomic mass is 9.73. The van der Waals surface area contributed by atoms with Crippen molar-refractivity contribution < 1.29 is 9.47 Å². The van der Waals surface area contributed by atoms with Crippen molar-refractivity contribution in [1.82, 2.24) is 9.55 Å². The minimum absolute atomic E-state index is 0.0146. The van der Waals surface area contributed by atoms with Crippen LogP contribution >= 0.6 is 0 Å². The number of nitrogens with zero attached hydrogens (tertiary/aromatic N) is 2. The van der Waals surface area contributed by atoms with E-state index in [4.69, 9.17) is 15.2 Å². The maximum absolute atomic E-state index is 6.36. The third kappa shape index (κ3) is 2.46. The maximum Gasteiger partial charge on any atom is 0.297 e. The number of hydrogen-bond donors (Lipinski definition) is 1. The van der Waals surface area contributed by atoms with Gasteiger partial charge in [-0.25, -0.2) is 0 Å². The summed E-state index contributed by atoms with van der Waals surface area (Å²) < 4.78 is 14.0. The summed E-state index contributed by atoms with van der Waals surface area (Å²) in [6.07, 6.45) is 3.35. The van der Waals surface area contributed by atoms with Gasteiger partial charge < -0.3 is 15.2 Å². The first kappa shape index (κ1) is 14.8. The Bertz CT molecular complexity index is 912. The number of ether oxygens (including phenoxy) is 2. The van der Waals surface area contributed by atoms with Crippen LogP contribution in [0.2, 0.25) is 0 Å². The molecular weight excluding hydrogens is 314 g/mol. The third-order valence-electron chi connectivity index (χ3n) is 5.39. The van der Waals surface area contributed by atoms with Crippen LogP contribution < -0.4 is 15.2 Å². The van der Waals surface area contributed by atoms with Crippen molar-refractivity contribution >= 4 is 11.0 Å². The molecule has 0 amide bonds. The summed E-state index contributed by atoms with van der Waals surface area (Å²) in [6, 6.07) is 16.9. The molecular formula is C20H21N3O2. The van der Waals surface area contributed by atoms with Crippen LogP contribution in [-0.4, -0.2) is 22.3 Å². The van der Waals surface area contributed by atoms with Gasteiger partial charge in [0.1, 0.15) is 12.4 Å². The van der Waals surface area contributed by atoms with Gasteiger partial charge in [0.25, 0.3) is 6.01 Å². The van der Waals surface area contributed by atoms with Crippen molar-refractivity contribution in [3.63, 3.8) is 0 Å². The fourth-order valence-electron chi connectivity index (χ4n) is 3.72. The first-order valence-corrected chi connectivity index (χ1v) is 8.85. The molecule has 5 heteroatoms. The normalized spacial score (nSPS) is 20.8. The van der Waals surface area contributed by atoms with Crippen LogP contribution in [0.25, 0.3) is 11.0 Å². The standard InChI is InChI=1S/C20H21N3O2/c21-20(10-3-11-20)14-6-8-15(9-7-14)24-13-16-12-23-18-5-2-1-4-17(18)22-19(23)25-16/h1-2,4-9,16H,3,10-13,21H2/t16-/m0/s1. The van der Waals surface area contributed by atoms with Crippen LogP contribution in [0.5, 0.6) is 11.8 Å². The number of hydrogen-bond acceptors (Lipinski definition) is 4. The monoisotopic (exact) mass is 335 g/mol. The smallest absolute Gasteiger partial charge is 0.297 e. The van der Waals surface area contributed by atoms with Crippen molar-refractivity contribution in [2.75, 3.05) is 6.61 Å². The van der Waals surface area contributed by atoms with Gasteiger partial charge in [-0.1, -0.05) is 24.3 Å². The van der Waals surface area contributed by atoms with E-state index in [1.54, 1.807) is 0 Å². The second-order valence-electron chi connectivity index (χ2n) is 7.08. The molecule has 1 saturated carbocycles. The molecule has 1 fully saturated rings. The van der Waals surface area contributed by atoms with Crippen LogP contribution in [0.4, 0.5) is 0 Å². The van der Waals surface area contributed by atoms with E-state index in [-0.39, 0.29) is 11.6 Å². The summed E-state index contributed by atoms with van der Waals surface area (Å²) in [6.45, 7) is 1.27. The van der Waals surface area contributed by atoms with Gasteiger partial charge in [0, 0.05) is 5.54 Å². The highest BCUT2D eigenvalue weighted by Gasteiger charge is 2.34. The predicted molar refractivity (Wildman–Crippen MR) is 95.8 cm³/mol. The Morgan fingerprint density at radius 2 is 1.96 bits per heavy atom. The van der Waals surface area contributed by atoms with Crippen LogP contribution in [0.1, 0.15) is 24.8 Å². The molecule has 25 heavy (non-hydrogen) atoms. The van der Waals surface area contributed by atoms with Gasteiger partial charge in [-0.2, -0.15) is 4.98 Å². The quantitative estimate of drug-likeness (QED) is 0.795. The van der Waals surface area contributed by atoms with E-state index in [0.717, 1.165) is 36.2 Å². The summed E-state index contributed by atoms with van der Waals surface area (Å²) in [5, 5.41) is 0. The van der Waals surface area contributed by atoms with Crippen molar-refractivity contribution in [2.45, 2.75) is 37.5 Å². The fourth-order valence-corrected chi connectivity index (χ4v) is 3.72. The zero-order chi connectivity index (χ0) is 16.9. The SMILES string of the molecule is NC1(c2ccc(OC[C@@H]3Cn4c(nc5ccccc54)O3)cc2)CCC1. The van der Waals surface area contributed by atoms with E-state index in [9.17, 15) is 0 Å². The molecule has 128 valence electrons. The molecule has 0 unspecified atom stereocenters. The molecule has 2 aromatic carbocycles. The molecule has 3 aromatic rings. The molecule has 0 radical (unpaired) electrons. The number of aromatic nitrogens is 2. The number of fused-ring (bicyclic) bond motifs is 3. The number of nitrogens with two attached hydrogens (primary N) is 1. The lowest BCUT2D eigenvalue weighted by Gasteiger charge is -2.38. The highest BCUT2D eigenvalue weighted by molar-refractivity contribution is 5.76. The molecule has 2 heterocycles. The third-order valence-corrected chi connectivity index (χ3v) is 5.39. The van der Waals surface area contributed by atoms with Crippen molar-refractivity contribution in [3.8, 4) is 11.8 Å². The largest absolute Gasteiger partial charge is 0.490 e. The fraction of sp³-hybridized carbons (Fsp3) is 0.350. The van der Waals surface area contributed by atoms with Gasteiger partial charge in [-0.3, -0.25) is 4.57 Å². The Labute approximate surface area is 146 Å². The summed E-state index contributed by atoms with van der Waals surface area (Å²) in [5.41, 5.74) is 9.52. The molecule has 0 spiro atoms. The predicted octanol–water partition coefficient (Wildman–Crippen LogP) is 3.21. The molecule has 0 saturated heterocycles. The highest BCUT2D eigenvalue weighted by atomic mass is 16.6. The molecule has 2 aliphatic rings. The average molecular weight is 335 g/mol. The zero-order valence-corrected chi connectivity index (χ0v) is 14.0. The maximum atomic E-state index is 6.36. The molecule has 5 nitrogen and oxygen atoms in total. The lowest BCUT2D eigenvalue weighted by Crippen LogP contribution is -2.43. The second kappa shape index (κ2) is 5.49. The second-order valence-corrected chi connectivity index (χ2v) is 7.08. The summed E-state index contributed by atoms with van der Waals surface area (Å²) in [5.74, 6) is 0.852. The van der Waals surface area contributed by atoms with Gasteiger partial charge in [0.15, 0.2) is 6.10 Å². The molecule has 2 N–H and O–H groups in total. The van der Waals surface area contributed by atoms with Gasteiger partial charge in [0.2, 0.25) is 0 Å². The van der Waals surface area contributed by atoms with E-state index in [2.05, 4.69) is 27.8 Å². The van der Waals surface area contributed by atoms with Gasteiger partial charge in [-0.05, 0) is 49.1 Å². The van der Waals surface area contributed by atoms with E-state index in [1.807, 2.05) is 30.3 Å². The highest BCUT2D eigenvalue weighted by Crippen LogP contribution is 2.39. The number of para-hydroxylation sites is 2. The van der Waals surface area contributed by atoms with Crippen molar-refractivity contribution in [2.24, 2.45) is 5.73 Å². The summed E-state index contributed by atoms with van der Waals surface area (Å²) in [4.78, 5) is 4.52. The topological polar surface area (TPSA) is 62.3 Å². The Kier molecular flexibility index (Phi) is 3.25. The van der Waals surface area contributed by atoms with Gasteiger partial charge in [-0.15, -0.1) is 0 Å². The first-order valence-electron chi connectivity index (χ1n) is 8.85. The Hall–Kier alpha value is -2.53. The summed E-state index contributed by atoms with van der Waals surface area (Å²) >= 11 is 0. The van der Waals surface area contributed by atoms with E-state index in [0.29, 0.717) is 12.6 Å². The van der Waals surface area contributed by atoms with Crippen molar-refractivity contribution in [3.05, 3.63) is 54.1 Å². The molecule has 1 aromatic heterocycles. The minimum atomic E-state index is -0.122. The Balaban J connectivity index is 1.23. The van der Waals surface area contributed by atoms with Gasteiger partial charge in [0.05, 0.1) is 17.6 Å². The number of benzene rings is 2. The summed E-state index contributed by atoms with van der Waals surface area (Å²) in [7, 11) is 0. The molecule has 1 aliphatic carbocycles. The Morgan fingerprint density at radius 1 is 1.16 bits per heavy atom. The molecule has 5 rings (SSSR count). The number of rotatable bonds is 4. The Morgan fingerprint density at radius 3 is 2.72 bits per heavy atom. The lowest BCUT2D eigenvalue weighted by molar-refractivity contribution is 0.144. The number of imidazole rings is 1. The molecule has 1 aliphatic heterocycles. The molecule has 1 atom stereocenters. The van der Waals surface area contributed by atoms with Crippen LogP contribution in [0.15, 0.2) is 48.5 Å². The molecule has 0 bridgehead atoms. The average Bonchev–Trinajstić information content (AvgIpc) is 3.16.